The van der Waals surface area contributed by atoms with Crippen molar-refractivity contribution in [2.45, 2.75) is 146 Å². The lowest BCUT2D eigenvalue weighted by molar-refractivity contribution is 0.0955. The quantitative estimate of drug-likeness (QED) is 0.180. The van der Waals surface area contributed by atoms with Crippen LogP contribution >= 0.6 is 31.9 Å². The van der Waals surface area contributed by atoms with E-state index in [1.165, 1.54) is 49.0 Å². The molecule has 3 aliphatic carbocycles. The van der Waals surface area contributed by atoms with Gasteiger partial charge in [-0.1, -0.05) is 157 Å². The number of ketones is 2. The third-order valence-corrected chi connectivity index (χ3v) is 11.7. The van der Waals surface area contributed by atoms with Crippen LogP contribution in [0.4, 0.5) is 0 Å². The van der Waals surface area contributed by atoms with Crippen molar-refractivity contribution in [3.8, 4) is 0 Å². The van der Waals surface area contributed by atoms with E-state index in [0.29, 0.717) is 6.42 Å². The van der Waals surface area contributed by atoms with Crippen molar-refractivity contribution in [3.05, 3.63) is 127 Å². The molecule has 0 radical (unpaired) electrons. The molecule has 0 fully saturated rings. The topological polar surface area (TPSA) is 34.1 Å². The number of allylic oxidation sites excluding steroid dienone is 5. The Kier molecular flexibility index (Phi) is 14.5. The summed E-state index contributed by atoms with van der Waals surface area (Å²) >= 11 is 7.00. The highest BCUT2D eigenvalue weighted by Gasteiger charge is 2.34. The number of benzene rings is 3. The molecule has 0 aliphatic heterocycles. The average molecular weight is 859 g/mol. The van der Waals surface area contributed by atoms with Crippen molar-refractivity contribution in [3.63, 3.8) is 0 Å². The van der Waals surface area contributed by atoms with E-state index in [9.17, 15) is 9.59 Å². The Bertz CT molecular complexity index is 1950. The molecule has 2 nitrogen and oxygen atoms in total. The van der Waals surface area contributed by atoms with E-state index < -0.39 is 0 Å². The zero-order chi connectivity index (χ0) is 41.2. The standard InChI is InChI=1S/C18H24O.C16H21Br.C12H13BrO.C4H8/c1-12(19)13-7-8-16-14(11-13)15(17(2,3)4)9-10-18(16,5)6;1-15(2,3)13-8-9-16(4,5)14-7-6-11(17)10-12(13)14;1-12(2)6-5-11(14)9-7-8(13)3-4-10(9)12;1-4(2)3/h7-9,11H,10H2,1-6H3;6-8,10H,9H2,1-5H3;3-4,7H,5-6H2,1-2H3;1H2,2-3H3. The Morgan fingerprint density at radius 1 is 0.611 bits per heavy atom. The summed E-state index contributed by atoms with van der Waals surface area (Å²) in [5, 5.41) is 0. The van der Waals surface area contributed by atoms with Gasteiger partial charge in [0.25, 0.3) is 0 Å². The van der Waals surface area contributed by atoms with Crippen LogP contribution in [-0.2, 0) is 16.2 Å². The Hall–Kier alpha value is -2.82. The minimum atomic E-state index is 0.112. The lowest BCUT2D eigenvalue weighted by Crippen LogP contribution is -2.27. The van der Waals surface area contributed by atoms with Crippen molar-refractivity contribution in [2.24, 2.45) is 10.8 Å². The highest BCUT2D eigenvalue weighted by molar-refractivity contribution is 9.10. The Morgan fingerprint density at radius 2 is 0.981 bits per heavy atom. The predicted octanol–water partition coefficient (Wildman–Crippen LogP) is 15.8. The monoisotopic (exact) mass is 856 g/mol. The lowest BCUT2D eigenvalue weighted by atomic mass is 9.68. The fourth-order valence-corrected chi connectivity index (χ4v) is 8.24. The zero-order valence-corrected chi connectivity index (χ0v) is 39.1. The maximum absolute atomic E-state index is 11.7. The molecule has 4 heteroatoms. The van der Waals surface area contributed by atoms with Gasteiger partial charge < -0.3 is 0 Å². The van der Waals surface area contributed by atoms with Gasteiger partial charge in [0.2, 0.25) is 0 Å². The molecule has 0 N–H and O–H groups in total. The number of rotatable bonds is 1. The second-order valence-electron chi connectivity index (χ2n) is 19.6. The highest BCUT2D eigenvalue weighted by Crippen LogP contribution is 2.47. The van der Waals surface area contributed by atoms with E-state index in [1.54, 1.807) is 6.92 Å². The predicted molar refractivity (Wildman–Crippen MR) is 242 cm³/mol. The molecular weight excluding hydrogens is 792 g/mol. The van der Waals surface area contributed by atoms with Gasteiger partial charge in [-0.2, -0.15) is 0 Å². The summed E-state index contributed by atoms with van der Waals surface area (Å²) in [7, 11) is 0. The minimum absolute atomic E-state index is 0.112. The van der Waals surface area contributed by atoms with E-state index in [0.717, 1.165) is 34.9 Å². The van der Waals surface area contributed by atoms with E-state index in [-0.39, 0.29) is 38.6 Å². The molecule has 0 spiro atoms. The molecule has 0 saturated carbocycles. The lowest BCUT2D eigenvalue weighted by Gasteiger charge is -2.36. The van der Waals surface area contributed by atoms with Crippen LogP contribution < -0.4 is 0 Å². The maximum Gasteiger partial charge on any atom is 0.163 e. The summed E-state index contributed by atoms with van der Waals surface area (Å²) < 4.78 is 2.16. The maximum atomic E-state index is 11.7. The first kappa shape index (κ1) is 45.6. The number of carbonyl (C=O) groups excluding carboxylic acids is 2. The number of fused-ring (bicyclic) bond motifs is 3. The first-order valence-corrected chi connectivity index (χ1v) is 21.0. The summed E-state index contributed by atoms with van der Waals surface area (Å²) in [6, 6.07) is 18.9. The molecule has 3 aliphatic rings. The smallest absolute Gasteiger partial charge is 0.163 e. The molecule has 0 aromatic heterocycles. The molecule has 3 aromatic rings. The van der Waals surface area contributed by atoms with Crippen LogP contribution in [0.5, 0.6) is 0 Å². The van der Waals surface area contributed by atoms with Crippen molar-refractivity contribution in [1.29, 1.82) is 0 Å². The van der Waals surface area contributed by atoms with Crippen LogP contribution in [0.15, 0.2) is 87.8 Å². The summed E-state index contributed by atoms with van der Waals surface area (Å²) in [6.45, 7) is 36.3. The Balaban J connectivity index is 0.000000209. The molecule has 0 amide bonds. The second-order valence-corrected chi connectivity index (χ2v) is 21.5. The molecule has 0 bridgehead atoms. The summed E-state index contributed by atoms with van der Waals surface area (Å²) in [6.07, 6.45) is 8.61. The zero-order valence-electron chi connectivity index (χ0n) is 36.0. The first-order chi connectivity index (χ1) is 24.6. The molecule has 3 aromatic carbocycles. The van der Waals surface area contributed by atoms with E-state index in [2.05, 4.69) is 170 Å². The van der Waals surface area contributed by atoms with Crippen LogP contribution in [-0.4, -0.2) is 11.6 Å². The van der Waals surface area contributed by atoms with Gasteiger partial charge in [-0.3, -0.25) is 9.59 Å². The fraction of sp³-hybridized carbons (Fsp3) is 0.480. The fourth-order valence-electron chi connectivity index (χ4n) is 7.51. The summed E-state index contributed by atoms with van der Waals surface area (Å²) in [5.41, 5.74) is 13.3. The van der Waals surface area contributed by atoms with Gasteiger partial charge in [-0.15, -0.1) is 6.58 Å². The molecule has 6 rings (SSSR count). The molecular formula is C50H66Br2O2. The summed E-state index contributed by atoms with van der Waals surface area (Å²) in [4.78, 5) is 23.3. The van der Waals surface area contributed by atoms with Crippen LogP contribution in [0.1, 0.15) is 178 Å². The Labute approximate surface area is 345 Å². The van der Waals surface area contributed by atoms with E-state index in [1.807, 2.05) is 32.0 Å². The van der Waals surface area contributed by atoms with Crippen molar-refractivity contribution < 1.29 is 9.59 Å². The van der Waals surface area contributed by atoms with Gasteiger partial charge in [-0.25, -0.2) is 0 Å². The molecule has 54 heavy (non-hydrogen) atoms. The van der Waals surface area contributed by atoms with Gasteiger partial charge >= 0.3 is 0 Å². The van der Waals surface area contributed by atoms with Crippen molar-refractivity contribution >= 4 is 54.6 Å². The third-order valence-electron chi connectivity index (χ3n) is 10.7. The third kappa shape index (κ3) is 11.4. The molecule has 0 saturated heterocycles. The van der Waals surface area contributed by atoms with E-state index in [4.69, 9.17) is 0 Å². The van der Waals surface area contributed by atoms with Crippen LogP contribution in [0.3, 0.4) is 0 Å². The number of halogens is 2. The normalized spacial score (nSPS) is 17.5. The number of hydrogen-bond acceptors (Lipinski definition) is 2. The molecule has 0 heterocycles. The molecule has 292 valence electrons. The SMILES string of the molecule is C=C(C)C.CC(=O)c1ccc2c(c1)C(C(C)(C)C)=CCC2(C)C.CC(C)(C)C1=CCC(C)(C)c2ccc(Br)cc21.CC1(C)CCC(=O)c2cc(Br)ccc21. The van der Waals surface area contributed by atoms with Crippen LogP contribution in [0, 0.1) is 10.8 Å². The van der Waals surface area contributed by atoms with Crippen LogP contribution in [0.2, 0.25) is 0 Å². The van der Waals surface area contributed by atoms with Gasteiger partial charge in [0.1, 0.15) is 0 Å². The molecule has 0 unspecified atom stereocenters. The first-order valence-electron chi connectivity index (χ1n) is 19.4. The van der Waals surface area contributed by atoms with Gasteiger partial charge in [-0.05, 0) is 136 Å². The summed E-state index contributed by atoms with van der Waals surface area (Å²) in [5.74, 6) is 0.417. The van der Waals surface area contributed by atoms with Gasteiger partial charge in [0.15, 0.2) is 11.6 Å². The minimum Gasteiger partial charge on any atom is -0.295 e. The van der Waals surface area contributed by atoms with Crippen molar-refractivity contribution in [2.75, 3.05) is 0 Å². The molecule has 0 atom stereocenters. The number of hydrogen-bond donors (Lipinski definition) is 0. The van der Waals surface area contributed by atoms with Gasteiger partial charge in [0.05, 0.1) is 0 Å². The Morgan fingerprint density at radius 3 is 1.39 bits per heavy atom. The van der Waals surface area contributed by atoms with Crippen LogP contribution in [0.25, 0.3) is 11.1 Å². The van der Waals surface area contributed by atoms with Crippen molar-refractivity contribution in [1.82, 2.24) is 0 Å². The number of carbonyl (C=O) groups is 2. The average Bonchev–Trinajstić information content (AvgIpc) is 3.01. The van der Waals surface area contributed by atoms with Gasteiger partial charge in [0, 0.05) is 26.5 Å². The second kappa shape index (κ2) is 17.1. The van der Waals surface area contributed by atoms with E-state index >= 15 is 0 Å². The number of Topliss-reactive ketones (excluding diaryl/α,β-unsaturated/α-hetero) is 2. The highest BCUT2D eigenvalue weighted by atomic mass is 79.9. The largest absolute Gasteiger partial charge is 0.295 e.